The van der Waals surface area contributed by atoms with Gasteiger partial charge in [0.05, 0.1) is 6.16 Å². The molecule has 0 aliphatic rings. The van der Waals surface area contributed by atoms with E-state index in [2.05, 4.69) is 13.2 Å². The second-order valence-corrected chi connectivity index (χ2v) is 7.12. The van der Waals surface area contributed by atoms with Gasteiger partial charge >= 0.3 is 7.60 Å². The summed E-state index contributed by atoms with van der Waals surface area (Å²) in [5, 5.41) is 0. The first kappa shape index (κ1) is 20.6. The van der Waals surface area contributed by atoms with Gasteiger partial charge in [0, 0.05) is 32.6 Å². The number of hydrogen-bond acceptors (Lipinski definition) is 3. The highest BCUT2D eigenvalue weighted by atomic mass is 31.2. The summed E-state index contributed by atoms with van der Waals surface area (Å²) in [4.78, 5) is 44.8. The van der Waals surface area contributed by atoms with Crippen LogP contribution in [0, 0.1) is 5.41 Å². The molecule has 0 aromatic rings. The zero-order chi connectivity index (χ0) is 17.6. The smallest absolute Gasteiger partial charge is 0.326 e. The molecule has 0 aromatic heterocycles. The normalized spacial score (nSPS) is 11.7. The summed E-state index contributed by atoms with van der Waals surface area (Å²) < 4.78 is 11.5. The maximum atomic E-state index is 11.7. The Morgan fingerprint density at radius 1 is 1.09 bits per heavy atom. The fourth-order valence-electron chi connectivity index (χ4n) is 2.40. The Balaban J connectivity index is 5.47. The standard InChI is InChI=1S/C14H25N2O5P/c1-6-12(17)15(4)9-14(8-3,11-22(19,20)21)10-16(5)13(18)7-2/h6-7H,1-2,8-11H2,3-5H3,(H2,19,20,21). The summed E-state index contributed by atoms with van der Waals surface area (Å²) in [6.07, 6.45) is 2.24. The van der Waals surface area contributed by atoms with Gasteiger partial charge in [-0.2, -0.15) is 0 Å². The molecule has 0 aromatic carbocycles. The van der Waals surface area contributed by atoms with Crippen LogP contribution in [0.5, 0.6) is 0 Å². The molecule has 8 heteroatoms. The lowest BCUT2D eigenvalue weighted by Crippen LogP contribution is -2.48. The first-order valence-corrected chi connectivity index (χ1v) is 8.59. The quantitative estimate of drug-likeness (QED) is 0.482. The first-order valence-electron chi connectivity index (χ1n) is 6.80. The predicted molar refractivity (Wildman–Crippen MR) is 85.3 cm³/mol. The van der Waals surface area contributed by atoms with E-state index in [0.29, 0.717) is 6.42 Å². The van der Waals surface area contributed by atoms with Crippen LogP contribution in [-0.4, -0.2) is 64.7 Å². The lowest BCUT2D eigenvalue weighted by atomic mass is 9.85. The van der Waals surface area contributed by atoms with E-state index >= 15 is 0 Å². The number of carbonyl (C=O) groups is 2. The van der Waals surface area contributed by atoms with E-state index in [4.69, 9.17) is 0 Å². The van der Waals surface area contributed by atoms with E-state index in [0.717, 1.165) is 12.2 Å². The molecule has 0 unspecified atom stereocenters. The number of hydrogen-bond donors (Lipinski definition) is 2. The van der Waals surface area contributed by atoms with Crippen molar-refractivity contribution in [3.8, 4) is 0 Å². The zero-order valence-electron chi connectivity index (χ0n) is 13.4. The van der Waals surface area contributed by atoms with Crippen molar-refractivity contribution in [1.29, 1.82) is 0 Å². The molecule has 0 aliphatic heterocycles. The molecule has 2 N–H and O–H groups in total. The molecule has 0 radical (unpaired) electrons. The second kappa shape index (κ2) is 8.27. The van der Waals surface area contributed by atoms with Gasteiger partial charge in [0.15, 0.2) is 0 Å². The third-order valence-corrected chi connectivity index (χ3v) is 4.62. The minimum Gasteiger partial charge on any atom is -0.342 e. The van der Waals surface area contributed by atoms with E-state index in [-0.39, 0.29) is 24.9 Å². The van der Waals surface area contributed by atoms with Gasteiger partial charge in [-0.1, -0.05) is 20.1 Å². The van der Waals surface area contributed by atoms with Crippen LogP contribution in [0.1, 0.15) is 13.3 Å². The Bertz CT molecular complexity index is 458. The van der Waals surface area contributed by atoms with Crippen LogP contribution in [-0.2, 0) is 14.2 Å². The average Bonchev–Trinajstić information content (AvgIpc) is 2.43. The first-order chi connectivity index (χ1) is 10.00. The van der Waals surface area contributed by atoms with Crippen molar-refractivity contribution < 1.29 is 23.9 Å². The van der Waals surface area contributed by atoms with Crippen molar-refractivity contribution in [3.05, 3.63) is 25.3 Å². The highest BCUT2D eigenvalue weighted by Crippen LogP contribution is 2.44. The average molecular weight is 332 g/mol. The van der Waals surface area contributed by atoms with Crippen LogP contribution < -0.4 is 0 Å². The third-order valence-electron chi connectivity index (χ3n) is 3.54. The highest BCUT2D eigenvalue weighted by molar-refractivity contribution is 7.51. The van der Waals surface area contributed by atoms with Crippen molar-refractivity contribution in [2.45, 2.75) is 13.3 Å². The molecular formula is C14H25N2O5P. The monoisotopic (exact) mass is 332 g/mol. The zero-order valence-corrected chi connectivity index (χ0v) is 14.3. The van der Waals surface area contributed by atoms with Crippen LogP contribution in [0.25, 0.3) is 0 Å². The van der Waals surface area contributed by atoms with Crippen molar-refractivity contribution in [2.75, 3.05) is 33.3 Å². The van der Waals surface area contributed by atoms with E-state index < -0.39 is 19.2 Å². The third kappa shape index (κ3) is 6.56. The van der Waals surface area contributed by atoms with Gasteiger partial charge in [-0.05, 0) is 18.6 Å². The van der Waals surface area contributed by atoms with Crippen LogP contribution in [0.2, 0.25) is 0 Å². The second-order valence-electron chi connectivity index (χ2n) is 5.47. The van der Waals surface area contributed by atoms with Gasteiger partial charge in [-0.15, -0.1) is 0 Å². The fourth-order valence-corrected chi connectivity index (χ4v) is 3.69. The summed E-state index contributed by atoms with van der Waals surface area (Å²) in [5.41, 5.74) is -0.917. The Morgan fingerprint density at radius 2 is 1.45 bits per heavy atom. The SMILES string of the molecule is C=CC(=O)N(C)CC(CC)(CN(C)C(=O)C=C)CP(=O)(O)O. The molecule has 2 amide bonds. The molecule has 0 fully saturated rings. The summed E-state index contributed by atoms with van der Waals surface area (Å²) in [6, 6.07) is 0. The van der Waals surface area contributed by atoms with Crippen LogP contribution in [0.15, 0.2) is 25.3 Å². The van der Waals surface area contributed by atoms with E-state index in [1.165, 1.54) is 23.9 Å². The van der Waals surface area contributed by atoms with Gasteiger partial charge in [0.25, 0.3) is 0 Å². The molecule has 0 aliphatic carbocycles. The highest BCUT2D eigenvalue weighted by Gasteiger charge is 2.38. The maximum Gasteiger partial charge on any atom is 0.326 e. The van der Waals surface area contributed by atoms with E-state index in [1.54, 1.807) is 6.92 Å². The summed E-state index contributed by atoms with van der Waals surface area (Å²) >= 11 is 0. The summed E-state index contributed by atoms with van der Waals surface area (Å²) in [5.74, 6) is -0.692. The molecule has 7 nitrogen and oxygen atoms in total. The Kier molecular flexibility index (Phi) is 7.73. The molecule has 0 spiro atoms. The minimum absolute atomic E-state index is 0.105. The fraction of sp³-hybridized carbons (Fsp3) is 0.571. The lowest BCUT2D eigenvalue weighted by Gasteiger charge is -2.39. The van der Waals surface area contributed by atoms with Gasteiger partial charge in [-0.25, -0.2) is 0 Å². The van der Waals surface area contributed by atoms with Crippen molar-refractivity contribution in [2.24, 2.45) is 5.41 Å². The molecule has 0 saturated carbocycles. The van der Waals surface area contributed by atoms with Crippen LogP contribution >= 0.6 is 7.60 Å². The van der Waals surface area contributed by atoms with Crippen LogP contribution in [0.3, 0.4) is 0 Å². The predicted octanol–water partition coefficient (Wildman–Crippen LogP) is 0.849. The van der Waals surface area contributed by atoms with Gasteiger partial charge in [-0.3, -0.25) is 14.2 Å². The molecule has 0 bridgehead atoms. The largest absolute Gasteiger partial charge is 0.342 e. The Morgan fingerprint density at radius 3 is 1.68 bits per heavy atom. The number of likely N-dealkylation sites (N-methyl/N-ethyl adjacent to an activating group) is 2. The molecule has 22 heavy (non-hydrogen) atoms. The van der Waals surface area contributed by atoms with Gasteiger partial charge in [0.2, 0.25) is 11.8 Å². The van der Waals surface area contributed by atoms with Crippen molar-refractivity contribution in [3.63, 3.8) is 0 Å². The lowest BCUT2D eigenvalue weighted by molar-refractivity contribution is -0.128. The van der Waals surface area contributed by atoms with Crippen molar-refractivity contribution >= 4 is 19.4 Å². The van der Waals surface area contributed by atoms with Crippen molar-refractivity contribution in [1.82, 2.24) is 9.80 Å². The summed E-state index contributed by atoms with van der Waals surface area (Å²) in [7, 11) is -1.26. The van der Waals surface area contributed by atoms with E-state index in [9.17, 15) is 23.9 Å². The maximum absolute atomic E-state index is 11.7. The number of carbonyl (C=O) groups excluding carboxylic acids is 2. The van der Waals surface area contributed by atoms with Gasteiger partial charge < -0.3 is 19.6 Å². The topological polar surface area (TPSA) is 98.2 Å². The Labute approximate surface area is 131 Å². The number of rotatable bonds is 9. The number of nitrogens with zero attached hydrogens (tertiary/aromatic N) is 2. The number of amides is 2. The molecule has 0 rings (SSSR count). The minimum atomic E-state index is -4.32. The molecule has 126 valence electrons. The van der Waals surface area contributed by atoms with E-state index in [1.807, 2.05) is 0 Å². The molecule has 0 saturated heterocycles. The summed E-state index contributed by atoms with van der Waals surface area (Å²) in [6.45, 7) is 8.77. The molecule has 0 atom stereocenters. The molecule has 0 heterocycles. The molecular weight excluding hydrogens is 307 g/mol. The Hall–Kier alpha value is -1.43. The van der Waals surface area contributed by atoms with Crippen LogP contribution in [0.4, 0.5) is 0 Å². The van der Waals surface area contributed by atoms with Gasteiger partial charge in [0.1, 0.15) is 0 Å².